The first kappa shape index (κ1) is 17.1. The molecule has 0 aliphatic carbocycles. The lowest BCUT2D eigenvalue weighted by atomic mass is 9.84. The van der Waals surface area contributed by atoms with Crippen LogP contribution in [0.4, 0.5) is 0 Å². The van der Waals surface area contributed by atoms with Crippen LogP contribution in [0.1, 0.15) is 22.6 Å². The quantitative estimate of drug-likeness (QED) is 0.861. The lowest BCUT2D eigenvalue weighted by molar-refractivity contribution is 0.239. The lowest BCUT2D eigenvalue weighted by Crippen LogP contribution is -2.37. The Morgan fingerprint density at radius 2 is 2.12 bits per heavy atom. The van der Waals surface area contributed by atoms with E-state index < -0.39 is 0 Å². The van der Waals surface area contributed by atoms with Gasteiger partial charge in [0.15, 0.2) is 0 Å². The van der Waals surface area contributed by atoms with Crippen molar-refractivity contribution in [1.82, 2.24) is 4.90 Å². The molecule has 4 nitrogen and oxygen atoms in total. The standard InChI is InChI=1S/C20H19N3OS2/c1-2-23-11-13(9-14-5-3-7-25-14)19-16(12-23)18(17-6-4-8-26-17)15(10-21)20(22)24-19/h3-9,18H,2,11-12,22H2,1H3/b13-9+/t18-/m0/s1. The van der Waals surface area contributed by atoms with E-state index in [-0.39, 0.29) is 11.8 Å². The largest absolute Gasteiger partial charge is 0.440 e. The summed E-state index contributed by atoms with van der Waals surface area (Å²) in [5, 5.41) is 13.8. The molecule has 2 N–H and O–H groups in total. The Labute approximate surface area is 161 Å². The Bertz CT molecular complexity index is 930. The third-order valence-electron chi connectivity index (χ3n) is 4.74. The predicted molar refractivity (Wildman–Crippen MR) is 106 cm³/mol. The van der Waals surface area contributed by atoms with Crippen molar-refractivity contribution in [2.75, 3.05) is 19.6 Å². The molecule has 0 amide bonds. The normalized spacial score (nSPS) is 22.3. The monoisotopic (exact) mass is 381 g/mol. The van der Waals surface area contributed by atoms with Crippen molar-refractivity contribution in [3.05, 3.63) is 73.1 Å². The second kappa shape index (κ2) is 7.12. The van der Waals surface area contributed by atoms with E-state index in [0.29, 0.717) is 5.57 Å². The fourth-order valence-electron chi connectivity index (χ4n) is 3.49. The van der Waals surface area contributed by atoms with Crippen LogP contribution in [0, 0.1) is 11.3 Å². The van der Waals surface area contributed by atoms with Gasteiger partial charge in [0, 0.05) is 34.0 Å². The number of ether oxygens (including phenoxy) is 1. The molecule has 2 aliphatic heterocycles. The van der Waals surface area contributed by atoms with Crippen LogP contribution < -0.4 is 5.73 Å². The third-order valence-corrected chi connectivity index (χ3v) is 6.50. The van der Waals surface area contributed by atoms with Gasteiger partial charge in [-0.2, -0.15) is 5.26 Å². The molecule has 4 rings (SSSR count). The van der Waals surface area contributed by atoms with Gasteiger partial charge in [0.25, 0.3) is 0 Å². The average molecular weight is 382 g/mol. The minimum Gasteiger partial charge on any atom is -0.440 e. The van der Waals surface area contributed by atoms with Gasteiger partial charge < -0.3 is 10.5 Å². The Kier molecular flexibility index (Phi) is 4.68. The molecular weight excluding hydrogens is 362 g/mol. The van der Waals surface area contributed by atoms with E-state index in [0.717, 1.165) is 41.4 Å². The van der Waals surface area contributed by atoms with Gasteiger partial charge in [-0.1, -0.05) is 19.1 Å². The highest BCUT2D eigenvalue weighted by Crippen LogP contribution is 2.44. The van der Waals surface area contributed by atoms with Crippen LogP contribution in [-0.4, -0.2) is 24.5 Å². The van der Waals surface area contributed by atoms with Crippen LogP contribution >= 0.6 is 22.7 Å². The Morgan fingerprint density at radius 1 is 1.31 bits per heavy atom. The average Bonchev–Trinajstić information content (AvgIpc) is 3.34. The van der Waals surface area contributed by atoms with Gasteiger partial charge in [-0.3, -0.25) is 4.90 Å². The summed E-state index contributed by atoms with van der Waals surface area (Å²) >= 11 is 3.36. The molecule has 6 heteroatoms. The molecule has 2 aromatic heterocycles. The molecule has 26 heavy (non-hydrogen) atoms. The van der Waals surface area contributed by atoms with E-state index in [1.807, 2.05) is 17.5 Å². The number of hydrogen-bond donors (Lipinski definition) is 1. The highest BCUT2D eigenvalue weighted by Gasteiger charge is 2.37. The Balaban J connectivity index is 1.87. The van der Waals surface area contributed by atoms with Crippen molar-refractivity contribution < 1.29 is 4.74 Å². The zero-order valence-corrected chi connectivity index (χ0v) is 16.1. The van der Waals surface area contributed by atoms with Crippen LogP contribution in [0.15, 0.2) is 63.4 Å². The predicted octanol–water partition coefficient (Wildman–Crippen LogP) is 4.29. The summed E-state index contributed by atoms with van der Waals surface area (Å²) < 4.78 is 6.01. The lowest BCUT2D eigenvalue weighted by Gasteiger charge is -2.37. The molecule has 2 aliphatic rings. The molecule has 0 spiro atoms. The molecule has 0 bridgehead atoms. The maximum atomic E-state index is 9.70. The number of nitrogens with two attached hydrogens (primary N) is 1. The van der Waals surface area contributed by atoms with E-state index in [4.69, 9.17) is 10.5 Å². The van der Waals surface area contributed by atoms with Gasteiger partial charge in [0.1, 0.15) is 17.4 Å². The highest BCUT2D eigenvalue weighted by atomic mass is 32.1. The van der Waals surface area contributed by atoms with Crippen LogP contribution in [0.5, 0.6) is 0 Å². The number of allylic oxidation sites excluding steroid dienone is 1. The van der Waals surface area contributed by atoms with Gasteiger partial charge in [-0.25, -0.2) is 0 Å². The summed E-state index contributed by atoms with van der Waals surface area (Å²) in [6, 6.07) is 10.5. The second-order valence-electron chi connectivity index (χ2n) is 6.28. The number of nitriles is 1. The molecule has 0 radical (unpaired) electrons. The van der Waals surface area contributed by atoms with Crippen LogP contribution in [0.2, 0.25) is 0 Å². The van der Waals surface area contributed by atoms with Crippen molar-refractivity contribution in [3.8, 4) is 6.07 Å². The smallest absolute Gasteiger partial charge is 0.205 e. The molecule has 0 saturated heterocycles. The summed E-state index contributed by atoms with van der Waals surface area (Å²) in [5.41, 5.74) is 8.93. The molecule has 0 aromatic carbocycles. The van der Waals surface area contributed by atoms with Gasteiger partial charge in [0.05, 0.1) is 5.92 Å². The molecule has 2 aromatic rings. The van der Waals surface area contributed by atoms with Crippen molar-refractivity contribution in [1.29, 1.82) is 5.26 Å². The summed E-state index contributed by atoms with van der Waals surface area (Å²) in [6.45, 7) is 4.71. The number of thiophene rings is 2. The first-order chi connectivity index (χ1) is 12.7. The summed E-state index contributed by atoms with van der Waals surface area (Å²) in [7, 11) is 0. The molecule has 0 saturated carbocycles. The minimum atomic E-state index is -0.121. The second-order valence-corrected chi connectivity index (χ2v) is 8.24. The maximum Gasteiger partial charge on any atom is 0.205 e. The summed E-state index contributed by atoms with van der Waals surface area (Å²) in [5.74, 6) is 0.953. The number of likely N-dealkylation sites (N-methyl/N-ethyl adjacent to an activating group) is 1. The fraction of sp³-hybridized carbons (Fsp3) is 0.250. The van der Waals surface area contributed by atoms with E-state index in [2.05, 4.69) is 41.5 Å². The van der Waals surface area contributed by atoms with E-state index in [9.17, 15) is 5.26 Å². The van der Waals surface area contributed by atoms with Crippen LogP contribution in [0.25, 0.3) is 6.08 Å². The first-order valence-corrected chi connectivity index (χ1v) is 10.3. The Morgan fingerprint density at radius 3 is 2.77 bits per heavy atom. The minimum absolute atomic E-state index is 0.121. The zero-order chi connectivity index (χ0) is 18.1. The van der Waals surface area contributed by atoms with E-state index in [1.54, 1.807) is 22.7 Å². The molecular formula is C20H19N3OS2. The molecule has 0 fully saturated rings. The molecule has 132 valence electrons. The molecule has 1 atom stereocenters. The van der Waals surface area contributed by atoms with Gasteiger partial charge in [-0.05, 0) is 35.5 Å². The van der Waals surface area contributed by atoms with Crippen LogP contribution in [-0.2, 0) is 4.74 Å². The third kappa shape index (κ3) is 2.99. The number of nitrogens with zero attached hydrogens (tertiary/aromatic N) is 2. The maximum absolute atomic E-state index is 9.70. The SMILES string of the molecule is CCN1CC2=C(OC(N)=C(C#N)[C@@H]2c2cccs2)/C(=C/c2cccs2)C1. The number of rotatable bonds is 3. The van der Waals surface area contributed by atoms with Gasteiger partial charge in [-0.15, -0.1) is 22.7 Å². The molecule has 0 unspecified atom stereocenters. The summed E-state index contributed by atoms with van der Waals surface area (Å²) in [6.07, 6.45) is 2.18. The summed E-state index contributed by atoms with van der Waals surface area (Å²) in [4.78, 5) is 4.70. The van der Waals surface area contributed by atoms with Gasteiger partial charge >= 0.3 is 0 Å². The van der Waals surface area contributed by atoms with Crippen LogP contribution in [0.3, 0.4) is 0 Å². The van der Waals surface area contributed by atoms with Crippen molar-refractivity contribution in [2.45, 2.75) is 12.8 Å². The Hall–Kier alpha value is -2.33. The topological polar surface area (TPSA) is 62.3 Å². The van der Waals surface area contributed by atoms with E-state index in [1.165, 1.54) is 4.88 Å². The fourth-order valence-corrected chi connectivity index (χ4v) is 5.04. The zero-order valence-electron chi connectivity index (χ0n) is 14.4. The highest BCUT2D eigenvalue weighted by molar-refractivity contribution is 7.10. The molecule has 4 heterocycles. The number of hydrogen-bond acceptors (Lipinski definition) is 6. The van der Waals surface area contributed by atoms with E-state index >= 15 is 0 Å². The first-order valence-electron chi connectivity index (χ1n) is 8.52. The van der Waals surface area contributed by atoms with Gasteiger partial charge in [0.2, 0.25) is 5.88 Å². The van der Waals surface area contributed by atoms with Crippen molar-refractivity contribution >= 4 is 28.7 Å². The van der Waals surface area contributed by atoms with Crippen molar-refractivity contribution in [2.24, 2.45) is 5.73 Å². The van der Waals surface area contributed by atoms with Crippen molar-refractivity contribution in [3.63, 3.8) is 0 Å².